The Labute approximate surface area is 160 Å². The Morgan fingerprint density at radius 2 is 1.54 bits per heavy atom. The van der Waals surface area contributed by atoms with Gasteiger partial charge in [0.2, 0.25) is 0 Å². The standard InChI is InChI=1S/C22H40O4/c1-4-6-7-8-9-10-11-16-20(17(3)5-2)26-22(25)19-15-13-12-14-18(19)21(23)24/h17-20H,4-16H2,1-3H3,(H,23,24). The second-order valence-corrected chi connectivity index (χ2v) is 8.11. The highest BCUT2D eigenvalue weighted by molar-refractivity contribution is 5.81. The van der Waals surface area contributed by atoms with Crippen LogP contribution in [-0.4, -0.2) is 23.1 Å². The molecule has 152 valence electrons. The van der Waals surface area contributed by atoms with Gasteiger partial charge in [-0.25, -0.2) is 0 Å². The Hall–Kier alpha value is -1.06. The van der Waals surface area contributed by atoms with Gasteiger partial charge in [-0.2, -0.15) is 0 Å². The average molecular weight is 369 g/mol. The van der Waals surface area contributed by atoms with Crippen molar-refractivity contribution < 1.29 is 19.4 Å². The van der Waals surface area contributed by atoms with Crippen LogP contribution < -0.4 is 0 Å². The first-order chi connectivity index (χ1) is 12.5. The van der Waals surface area contributed by atoms with Crippen LogP contribution in [0.2, 0.25) is 0 Å². The summed E-state index contributed by atoms with van der Waals surface area (Å²) in [6, 6.07) is 0. The van der Waals surface area contributed by atoms with Gasteiger partial charge >= 0.3 is 11.9 Å². The number of carboxylic acids is 1. The number of carboxylic acid groups (broad SMARTS) is 1. The molecule has 4 atom stereocenters. The number of hydrogen-bond acceptors (Lipinski definition) is 3. The highest BCUT2D eigenvalue weighted by atomic mass is 16.5. The molecule has 0 saturated heterocycles. The Morgan fingerprint density at radius 1 is 0.962 bits per heavy atom. The van der Waals surface area contributed by atoms with E-state index in [0.29, 0.717) is 18.8 Å². The van der Waals surface area contributed by atoms with Crippen molar-refractivity contribution in [3.05, 3.63) is 0 Å². The molecule has 4 unspecified atom stereocenters. The van der Waals surface area contributed by atoms with Crippen molar-refractivity contribution in [3.63, 3.8) is 0 Å². The molecule has 26 heavy (non-hydrogen) atoms. The number of carbonyl (C=O) groups excluding carboxylic acids is 1. The van der Waals surface area contributed by atoms with E-state index >= 15 is 0 Å². The summed E-state index contributed by atoms with van der Waals surface area (Å²) < 4.78 is 5.87. The quantitative estimate of drug-likeness (QED) is 0.321. The summed E-state index contributed by atoms with van der Waals surface area (Å²) in [5.74, 6) is -1.82. The molecule has 1 N–H and O–H groups in total. The molecule has 0 radical (unpaired) electrons. The van der Waals surface area contributed by atoms with Crippen molar-refractivity contribution in [2.45, 2.75) is 110 Å². The predicted octanol–water partition coefficient (Wildman–Crippen LogP) is 5.98. The minimum Gasteiger partial charge on any atom is -0.481 e. The molecule has 0 bridgehead atoms. The Morgan fingerprint density at radius 3 is 2.12 bits per heavy atom. The van der Waals surface area contributed by atoms with E-state index < -0.39 is 17.8 Å². The van der Waals surface area contributed by atoms with E-state index in [1.54, 1.807) is 0 Å². The first kappa shape index (κ1) is 23.0. The van der Waals surface area contributed by atoms with Gasteiger partial charge in [-0.1, -0.05) is 78.6 Å². The molecule has 0 aromatic carbocycles. The highest BCUT2D eigenvalue weighted by Gasteiger charge is 2.38. The molecule has 1 aliphatic carbocycles. The van der Waals surface area contributed by atoms with E-state index in [1.807, 2.05) is 0 Å². The van der Waals surface area contributed by atoms with Gasteiger partial charge in [0.15, 0.2) is 0 Å². The second kappa shape index (κ2) is 13.2. The van der Waals surface area contributed by atoms with Crippen LogP contribution in [0.15, 0.2) is 0 Å². The van der Waals surface area contributed by atoms with Gasteiger partial charge in [-0.3, -0.25) is 9.59 Å². The van der Waals surface area contributed by atoms with E-state index in [2.05, 4.69) is 20.8 Å². The minimum absolute atomic E-state index is 0.0699. The number of hydrogen-bond donors (Lipinski definition) is 1. The monoisotopic (exact) mass is 368 g/mol. The fourth-order valence-corrected chi connectivity index (χ4v) is 3.97. The molecular weight excluding hydrogens is 328 g/mol. The topological polar surface area (TPSA) is 63.6 Å². The molecular formula is C22H40O4. The van der Waals surface area contributed by atoms with Crippen molar-refractivity contribution in [3.8, 4) is 0 Å². The smallest absolute Gasteiger partial charge is 0.310 e. The van der Waals surface area contributed by atoms with Crippen LogP contribution in [-0.2, 0) is 14.3 Å². The third-order valence-corrected chi connectivity index (χ3v) is 6.02. The third kappa shape index (κ3) is 8.09. The van der Waals surface area contributed by atoms with Crippen molar-refractivity contribution in [2.24, 2.45) is 17.8 Å². The summed E-state index contributed by atoms with van der Waals surface area (Å²) in [5.41, 5.74) is 0. The Bertz CT molecular complexity index is 407. The summed E-state index contributed by atoms with van der Waals surface area (Å²) in [5, 5.41) is 9.40. The fourth-order valence-electron chi connectivity index (χ4n) is 3.97. The van der Waals surface area contributed by atoms with E-state index in [4.69, 9.17) is 4.74 Å². The normalized spacial score (nSPS) is 22.6. The van der Waals surface area contributed by atoms with Crippen molar-refractivity contribution >= 4 is 11.9 Å². The number of rotatable bonds is 13. The zero-order valence-corrected chi connectivity index (χ0v) is 17.2. The number of esters is 1. The summed E-state index contributed by atoms with van der Waals surface area (Å²) >= 11 is 0. The molecule has 0 aromatic heterocycles. The van der Waals surface area contributed by atoms with Crippen LogP contribution in [0.3, 0.4) is 0 Å². The van der Waals surface area contributed by atoms with Gasteiger partial charge in [-0.15, -0.1) is 0 Å². The molecule has 4 heteroatoms. The average Bonchev–Trinajstić information content (AvgIpc) is 2.65. The van der Waals surface area contributed by atoms with E-state index in [9.17, 15) is 14.7 Å². The number of ether oxygens (including phenoxy) is 1. The fraction of sp³-hybridized carbons (Fsp3) is 0.909. The molecule has 0 aliphatic heterocycles. The lowest BCUT2D eigenvalue weighted by molar-refractivity contribution is -0.166. The molecule has 1 fully saturated rings. The lowest BCUT2D eigenvalue weighted by Crippen LogP contribution is -2.37. The van der Waals surface area contributed by atoms with Crippen molar-refractivity contribution in [2.75, 3.05) is 0 Å². The Kier molecular flexibility index (Phi) is 11.6. The number of carbonyl (C=O) groups is 2. The molecule has 1 rings (SSSR count). The van der Waals surface area contributed by atoms with E-state index in [1.165, 1.54) is 38.5 Å². The van der Waals surface area contributed by atoms with E-state index in [0.717, 1.165) is 32.1 Å². The van der Waals surface area contributed by atoms with Crippen LogP contribution in [0.4, 0.5) is 0 Å². The maximum Gasteiger partial charge on any atom is 0.310 e. The minimum atomic E-state index is -0.848. The predicted molar refractivity (Wildman–Crippen MR) is 105 cm³/mol. The van der Waals surface area contributed by atoms with Gasteiger partial charge in [0.05, 0.1) is 11.8 Å². The lowest BCUT2D eigenvalue weighted by atomic mass is 9.79. The SMILES string of the molecule is CCCCCCCCCC(OC(=O)C1CCCCC1C(=O)O)C(C)CC. The lowest BCUT2D eigenvalue weighted by Gasteiger charge is -2.30. The molecule has 4 nitrogen and oxygen atoms in total. The number of unbranched alkanes of at least 4 members (excludes halogenated alkanes) is 6. The molecule has 0 spiro atoms. The summed E-state index contributed by atoms with van der Waals surface area (Å²) in [7, 11) is 0. The van der Waals surface area contributed by atoms with Crippen LogP contribution in [0, 0.1) is 17.8 Å². The summed E-state index contributed by atoms with van der Waals surface area (Å²) in [6.45, 7) is 6.48. The van der Waals surface area contributed by atoms with Crippen LogP contribution in [0.5, 0.6) is 0 Å². The Balaban J connectivity index is 2.47. The highest BCUT2D eigenvalue weighted by Crippen LogP contribution is 2.32. The molecule has 0 heterocycles. The first-order valence-electron chi connectivity index (χ1n) is 10.9. The van der Waals surface area contributed by atoms with Crippen molar-refractivity contribution in [1.82, 2.24) is 0 Å². The third-order valence-electron chi connectivity index (χ3n) is 6.02. The second-order valence-electron chi connectivity index (χ2n) is 8.11. The largest absolute Gasteiger partial charge is 0.481 e. The van der Waals surface area contributed by atoms with Crippen molar-refractivity contribution in [1.29, 1.82) is 0 Å². The molecule has 0 amide bonds. The van der Waals surface area contributed by atoms with Gasteiger partial charge in [0, 0.05) is 0 Å². The maximum atomic E-state index is 12.7. The van der Waals surface area contributed by atoms with Gasteiger partial charge in [-0.05, 0) is 31.6 Å². The summed E-state index contributed by atoms with van der Waals surface area (Å²) in [6.07, 6.45) is 13.6. The van der Waals surface area contributed by atoms with Gasteiger partial charge in [0.1, 0.15) is 6.10 Å². The zero-order valence-electron chi connectivity index (χ0n) is 17.2. The number of aliphatic carboxylic acids is 1. The summed E-state index contributed by atoms with van der Waals surface area (Å²) in [4.78, 5) is 24.1. The van der Waals surface area contributed by atoms with Crippen LogP contribution >= 0.6 is 0 Å². The molecule has 1 saturated carbocycles. The van der Waals surface area contributed by atoms with E-state index in [-0.39, 0.29) is 12.1 Å². The first-order valence-corrected chi connectivity index (χ1v) is 10.9. The molecule has 0 aromatic rings. The van der Waals surface area contributed by atoms with Crippen LogP contribution in [0.25, 0.3) is 0 Å². The van der Waals surface area contributed by atoms with Crippen LogP contribution in [0.1, 0.15) is 104 Å². The van der Waals surface area contributed by atoms with Gasteiger partial charge in [0.25, 0.3) is 0 Å². The molecule has 1 aliphatic rings. The maximum absolute atomic E-state index is 12.7. The zero-order chi connectivity index (χ0) is 19.4. The van der Waals surface area contributed by atoms with Gasteiger partial charge < -0.3 is 9.84 Å².